The molecule has 1 aromatic carbocycles. The summed E-state index contributed by atoms with van der Waals surface area (Å²) in [6.45, 7) is 0. The van der Waals surface area contributed by atoms with E-state index in [1.54, 1.807) is 12.3 Å². The molecule has 3 heterocycles. The van der Waals surface area contributed by atoms with Gasteiger partial charge >= 0.3 is 0 Å². The van der Waals surface area contributed by atoms with Crippen LogP contribution in [0, 0.1) is 0 Å². The minimum Gasteiger partial charge on any atom is -0.390 e. The molecule has 176 valence electrons. The quantitative estimate of drug-likeness (QED) is 0.464. The second kappa shape index (κ2) is 9.09. The number of rotatable bonds is 4. The fraction of sp³-hybridized carbons (Fsp3) is 0.360. The van der Waals surface area contributed by atoms with Crippen molar-refractivity contribution >= 4 is 17.4 Å². The molecule has 0 spiro atoms. The molecule has 5 N–H and O–H groups in total. The van der Waals surface area contributed by atoms with Crippen LogP contribution >= 0.6 is 0 Å². The predicted molar refractivity (Wildman–Crippen MR) is 126 cm³/mol. The van der Waals surface area contributed by atoms with Gasteiger partial charge in [-0.2, -0.15) is 0 Å². The number of benzene rings is 1. The van der Waals surface area contributed by atoms with Crippen molar-refractivity contribution < 1.29 is 19.7 Å². The second-order valence-corrected chi connectivity index (χ2v) is 8.87. The molecule has 4 atom stereocenters. The van der Waals surface area contributed by atoms with Crippen molar-refractivity contribution in [2.75, 3.05) is 11.1 Å². The summed E-state index contributed by atoms with van der Waals surface area (Å²) in [6.07, 6.45) is 5.97. The molecule has 34 heavy (non-hydrogen) atoms. The molecule has 1 saturated carbocycles. The normalized spacial score (nSPS) is 26.5. The number of nitrogens with zero attached hydrogens (tertiary/aromatic N) is 3. The third-order valence-corrected chi connectivity index (χ3v) is 6.73. The van der Waals surface area contributed by atoms with Crippen molar-refractivity contribution in [1.29, 1.82) is 0 Å². The van der Waals surface area contributed by atoms with Crippen molar-refractivity contribution in [3.63, 3.8) is 0 Å². The van der Waals surface area contributed by atoms with Gasteiger partial charge in [0.25, 0.3) is 5.91 Å². The number of carbonyl (C=O) groups is 1. The molecule has 1 amide bonds. The Labute approximate surface area is 197 Å². The summed E-state index contributed by atoms with van der Waals surface area (Å²) in [7, 11) is 0. The first-order chi connectivity index (χ1) is 16.5. The number of nitrogens with two attached hydrogens (primary N) is 1. The van der Waals surface area contributed by atoms with E-state index in [0.717, 1.165) is 18.4 Å². The number of fused-ring (bicyclic) bond motifs is 1. The topological polar surface area (TPSA) is 143 Å². The number of pyridine rings is 1. The summed E-state index contributed by atoms with van der Waals surface area (Å²) in [6, 6.07) is 11.1. The van der Waals surface area contributed by atoms with Crippen LogP contribution in [-0.4, -0.2) is 48.9 Å². The van der Waals surface area contributed by atoms with Gasteiger partial charge in [0, 0.05) is 23.7 Å². The lowest BCUT2D eigenvalue weighted by Crippen LogP contribution is -2.58. The summed E-state index contributed by atoms with van der Waals surface area (Å²) >= 11 is 0. The largest absolute Gasteiger partial charge is 0.390 e. The van der Waals surface area contributed by atoms with Gasteiger partial charge in [0.1, 0.15) is 5.60 Å². The number of aromatic nitrogens is 3. The van der Waals surface area contributed by atoms with E-state index in [-0.39, 0.29) is 17.9 Å². The van der Waals surface area contributed by atoms with Gasteiger partial charge in [-0.1, -0.05) is 43.2 Å². The average Bonchev–Trinajstić information content (AvgIpc) is 2.85. The van der Waals surface area contributed by atoms with Crippen molar-refractivity contribution in [1.82, 2.24) is 15.0 Å². The van der Waals surface area contributed by atoms with Crippen molar-refractivity contribution in [3.05, 3.63) is 66.2 Å². The van der Waals surface area contributed by atoms with Crippen molar-refractivity contribution in [2.24, 2.45) is 0 Å². The van der Waals surface area contributed by atoms with E-state index in [2.05, 4.69) is 20.3 Å². The van der Waals surface area contributed by atoms with Gasteiger partial charge in [0.05, 0.1) is 42.1 Å². The molecule has 3 aromatic rings. The third-order valence-electron chi connectivity index (χ3n) is 6.73. The number of nitrogen functional groups attached to an aromatic ring is 1. The highest BCUT2D eigenvalue weighted by Gasteiger charge is 2.51. The number of hydrogen-bond donors (Lipinski definition) is 4. The Hall–Kier alpha value is -3.40. The van der Waals surface area contributed by atoms with Crippen LogP contribution in [0.2, 0.25) is 0 Å². The van der Waals surface area contributed by atoms with Gasteiger partial charge in [-0.05, 0) is 18.9 Å². The lowest BCUT2D eigenvalue weighted by atomic mass is 9.74. The van der Waals surface area contributed by atoms with Crippen LogP contribution in [0.25, 0.3) is 11.3 Å². The van der Waals surface area contributed by atoms with Gasteiger partial charge < -0.3 is 26.0 Å². The van der Waals surface area contributed by atoms with Crippen LogP contribution in [-0.2, 0) is 4.74 Å². The molecule has 0 bridgehead atoms. The molecule has 2 aromatic heterocycles. The molecule has 5 rings (SSSR count). The van der Waals surface area contributed by atoms with E-state index in [1.807, 2.05) is 30.3 Å². The Balaban J connectivity index is 1.40. The highest BCUT2D eigenvalue weighted by molar-refractivity contribution is 6.06. The van der Waals surface area contributed by atoms with Crippen LogP contribution in [0.15, 0.2) is 55.0 Å². The Morgan fingerprint density at radius 3 is 2.82 bits per heavy atom. The van der Waals surface area contributed by atoms with Crippen LogP contribution < -0.4 is 11.1 Å². The van der Waals surface area contributed by atoms with Gasteiger partial charge in [-0.15, -0.1) is 0 Å². The fourth-order valence-electron chi connectivity index (χ4n) is 4.86. The second-order valence-electron chi connectivity index (χ2n) is 8.87. The number of anilines is 2. The van der Waals surface area contributed by atoms with E-state index < -0.39 is 29.8 Å². The maximum atomic E-state index is 13.1. The molecule has 2 fully saturated rings. The molecule has 1 aliphatic carbocycles. The van der Waals surface area contributed by atoms with Crippen LogP contribution in [0.1, 0.15) is 54.3 Å². The van der Waals surface area contributed by atoms with E-state index in [1.165, 1.54) is 12.4 Å². The summed E-state index contributed by atoms with van der Waals surface area (Å²) < 4.78 is 6.24. The number of carbonyl (C=O) groups excluding carboxylic acids is 1. The standard InChI is InChI=1S/C25H27N5O4/c26-23-22(29-17(14-28-23)15-6-2-1-3-7-15)24(32)30-18-13-27-11-9-16(18)19-12-20(31)25(33)10-5-4-8-21(25)34-19/h1-3,6-7,9,11,13-14,19-21,31,33H,4-5,8,10,12H2,(H2,26,28)(H,30,32)/t19-,20-,21-,25+/m1/s1. The van der Waals surface area contributed by atoms with Gasteiger partial charge in [-0.25, -0.2) is 9.97 Å². The summed E-state index contributed by atoms with van der Waals surface area (Å²) in [5.74, 6) is -0.512. The van der Waals surface area contributed by atoms with Crippen LogP contribution in [0.5, 0.6) is 0 Å². The van der Waals surface area contributed by atoms with Crippen molar-refractivity contribution in [3.8, 4) is 11.3 Å². The van der Waals surface area contributed by atoms with E-state index in [9.17, 15) is 15.0 Å². The number of nitrogens with one attached hydrogen (secondary N) is 1. The summed E-state index contributed by atoms with van der Waals surface area (Å²) in [4.78, 5) is 25.9. The lowest BCUT2D eigenvalue weighted by Gasteiger charge is -2.49. The fourth-order valence-corrected chi connectivity index (χ4v) is 4.86. The lowest BCUT2D eigenvalue weighted by molar-refractivity contribution is -0.242. The van der Waals surface area contributed by atoms with E-state index in [0.29, 0.717) is 29.8 Å². The van der Waals surface area contributed by atoms with Gasteiger partial charge in [0.2, 0.25) is 0 Å². The molecule has 9 nitrogen and oxygen atoms in total. The first-order valence-electron chi connectivity index (χ1n) is 11.4. The first-order valence-corrected chi connectivity index (χ1v) is 11.4. The average molecular weight is 462 g/mol. The molecule has 9 heteroatoms. The van der Waals surface area contributed by atoms with E-state index >= 15 is 0 Å². The first kappa shape index (κ1) is 22.4. The minimum atomic E-state index is -1.23. The molecule has 1 aliphatic heterocycles. The zero-order valence-electron chi connectivity index (χ0n) is 18.6. The highest BCUT2D eigenvalue weighted by Crippen LogP contribution is 2.45. The Morgan fingerprint density at radius 1 is 1.18 bits per heavy atom. The van der Waals surface area contributed by atoms with Crippen molar-refractivity contribution in [2.45, 2.75) is 56.0 Å². The zero-order chi connectivity index (χ0) is 23.7. The molecular formula is C25H27N5O4. The smallest absolute Gasteiger partial charge is 0.278 e. The number of amides is 1. The number of hydrogen-bond acceptors (Lipinski definition) is 8. The number of ether oxygens (including phenoxy) is 1. The number of aliphatic hydroxyl groups excluding tert-OH is 1. The Bertz CT molecular complexity index is 1190. The monoisotopic (exact) mass is 461 g/mol. The highest BCUT2D eigenvalue weighted by atomic mass is 16.5. The van der Waals surface area contributed by atoms with Crippen LogP contribution in [0.3, 0.4) is 0 Å². The summed E-state index contributed by atoms with van der Waals surface area (Å²) in [5.41, 5.74) is 7.19. The maximum absolute atomic E-state index is 13.1. The minimum absolute atomic E-state index is 0.00223. The Kier molecular flexibility index (Phi) is 5.99. The zero-order valence-corrected chi connectivity index (χ0v) is 18.6. The molecular weight excluding hydrogens is 434 g/mol. The van der Waals surface area contributed by atoms with E-state index in [4.69, 9.17) is 10.5 Å². The molecule has 1 saturated heterocycles. The SMILES string of the molecule is Nc1ncc(-c2ccccc2)nc1C(=O)Nc1cnccc1[C@H]1C[C@@H](O)[C@@]2(O)CCCC[C@H]2O1. The van der Waals surface area contributed by atoms with Gasteiger partial charge in [-0.3, -0.25) is 9.78 Å². The predicted octanol–water partition coefficient (Wildman–Crippen LogP) is 2.87. The van der Waals surface area contributed by atoms with Gasteiger partial charge in [0.15, 0.2) is 11.5 Å². The number of aliphatic hydroxyl groups is 2. The Morgan fingerprint density at radius 2 is 2.00 bits per heavy atom. The third kappa shape index (κ3) is 4.13. The maximum Gasteiger partial charge on any atom is 0.278 e. The summed E-state index contributed by atoms with van der Waals surface area (Å²) in [5, 5.41) is 24.5. The molecule has 2 aliphatic rings. The van der Waals surface area contributed by atoms with Crippen LogP contribution in [0.4, 0.5) is 11.5 Å². The molecule has 0 unspecified atom stereocenters. The molecule has 0 radical (unpaired) electrons.